The van der Waals surface area contributed by atoms with Gasteiger partial charge in [-0.15, -0.1) is 11.3 Å². The number of esters is 1. The number of rotatable bonds is 15. The first-order valence-electron chi connectivity index (χ1n) is 21.9. The van der Waals surface area contributed by atoms with Gasteiger partial charge in [0.05, 0.1) is 12.8 Å². The molecule has 7 aromatic rings. The Bertz CT molecular complexity index is 2950. The number of benzene rings is 6. The minimum absolute atomic E-state index is 0.0676. The summed E-state index contributed by atoms with van der Waals surface area (Å²) in [6.45, 7) is 1.45. The van der Waals surface area contributed by atoms with Gasteiger partial charge < -0.3 is 25.3 Å². The van der Waals surface area contributed by atoms with Gasteiger partial charge in [-0.2, -0.15) is 0 Å². The second-order valence-electron chi connectivity index (χ2n) is 16.2. The number of hydrogen-bond acceptors (Lipinski definition) is 11. The zero-order valence-corrected chi connectivity index (χ0v) is 38.9. The van der Waals surface area contributed by atoms with Crippen LogP contribution in [0.25, 0.3) is 0 Å². The van der Waals surface area contributed by atoms with Crippen molar-refractivity contribution in [1.29, 1.82) is 0 Å². The highest BCUT2D eigenvalue weighted by Crippen LogP contribution is 2.47. The highest BCUT2D eigenvalue weighted by molar-refractivity contribution is 8.00. The number of hydrogen-bond donors (Lipinski definition) is 3. The minimum Gasteiger partial charge on any atom is -0.474 e. The molecule has 3 N–H and O–H groups in total. The summed E-state index contributed by atoms with van der Waals surface area (Å²) in [5, 5.41) is 23.2. The molecule has 0 saturated carbocycles. The molecular formula is C55H44N5O7S2+. The number of aromatic nitrogens is 1. The van der Waals surface area contributed by atoms with Gasteiger partial charge in [-0.25, -0.2) is 23.9 Å². The molecular weight excluding hydrogens is 907 g/mol. The number of nitrogens with zero attached hydrogens (tertiary/aromatic N) is 3. The first-order chi connectivity index (χ1) is 33.6. The van der Waals surface area contributed by atoms with Crippen LogP contribution in [0.3, 0.4) is 0 Å². The number of quaternary nitrogens is 1. The molecule has 1 fully saturated rings. The van der Waals surface area contributed by atoms with Crippen molar-refractivity contribution in [2.75, 3.05) is 18.1 Å². The molecule has 2 amide bonds. The van der Waals surface area contributed by atoms with Crippen molar-refractivity contribution in [1.82, 2.24) is 10.3 Å². The predicted molar refractivity (Wildman–Crippen MR) is 265 cm³/mol. The van der Waals surface area contributed by atoms with E-state index in [9.17, 15) is 19.5 Å². The molecule has 3 atom stereocenters. The lowest BCUT2D eigenvalue weighted by Crippen LogP contribution is -2.80. The van der Waals surface area contributed by atoms with E-state index in [4.69, 9.17) is 19.7 Å². The van der Waals surface area contributed by atoms with Crippen molar-refractivity contribution in [2.45, 2.75) is 29.5 Å². The molecule has 2 aliphatic rings. The van der Waals surface area contributed by atoms with E-state index in [0.717, 1.165) is 33.4 Å². The first kappa shape index (κ1) is 46.0. The van der Waals surface area contributed by atoms with Gasteiger partial charge in [-0.05, 0) is 23.6 Å². The number of aliphatic carboxylic acids is 1. The Morgan fingerprint density at radius 2 is 1.17 bits per heavy atom. The van der Waals surface area contributed by atoms with Gasteiger partial charge in [0.1, 0.15) is 11.2 Å². The van der Waals surface area contributed by atoms with E-state index in [1.165, 1.54) is 37.1 Å². The van der Waals surface area contributed by atoms with E-state index in [0.29, 0.717) is 5.13 Å². The average molecular weight is 951 g/mol. The van der Waals surface area contributed by atoms with Crippen molar-refractivity contribution in [2.24, 2.45) is 5.16 Å². The molecule has 1 saturated heterocycles. The van der Waals surface area contributed by atoms with E-state index < -0.39 is 56.5 Å². The molecule has 0 spiro atoms. The van der Waals surface area contributed by atoms with Gasteiger partial charge in [0.2, 0.25) is 11.6 Å². The van der Waals surface area contributed by atoms with Gasteiger partial charge in [-0.1, -0.05) is 205 Å². The lowest BCUT2D eigenvalue weighted by molar-refractivity contribution is -0.835. The average Bonchev–Trinajstić information content (AvgIpc) is 3.85. The molecule has 342 valence electrons. The van der Waals surface area contributed by atoms with E-state index in [1.54, 1.807) is 5.38 Å². The van der Waals surface area contributed by atoms with Crippen LogP contribution in [0, 0.1) is 11.8 Å². The molecule has 1 aromatic heterocycles. The number of ether oxygens (including phenoxy) is 1. The highest BCUT2D eigenvalue weighted by atomic mass is 32.2. The summed E-state index contributed by atoms with van der Waals surface area (Å²) in [6.07, 6.45) is 0. The summed E-state index contributed by atoms with van der Waals surface area (Å²) in [5.74, 6) is 0.605. The summed E-state index contributed by atoms with van der Waals surface area (Å²) >= 11 is 2.43. The molecule has 3 heterocycles. The number of carbonyl (C=O) groups is 4. The fraction of sp³-hybridized carbons (Fsp3) is 0.127. The molecule has 0 bridgehead atoms. The molecule has 14 heteroatoms. The number of carboxylic acid groups (broad SMARTS) is 1. The number of carboxylic acids is 1. The number of anilines is 1. The second kappa shape index (κ2) is 19.6. The van der Waals surface area contributed by atoms with E-state index in [2.05, 4.69) is 22.5 Å². The molecule has 6 aromatic carbocycles. The number of thiazole rings is 1. The number of likely N-dealkylation sites (N-methyl/N-ethyl adjacent to an activating group) is 1. The third-order valence-electron chi connectivity index (χ3n) is 12.3. The van der Waals surface area contributed by atoms with Crippen molar-refractivity contribution in [3.8, 4) is 11.8 Å². The normalized spacial score (nSPS) is 17.8. The number of β-lactam (4-membered cyclic amide) rings is 1. The maximum atomic E-state index is 15.1. The van der Waals surface area contributed by atoms with Crippen LogP contribution < -0.4 is 10.6 Å². The standard InChI is InChI=1S/C55H43N5O7S2/c1-3-22-45(61)66-44-36-68-51-47(50(63)60(51,2)48(44)52(64)65)57-49(62)46(59-67-55(40-29-16-7-17-30-40,41-31-18-8-19-32-41)42-33-20-9-21-34-42)43-35-69-53(56-43)58-54(37-23-10-4-11-24-37,38-25-12-5-13-26-38)39-27-14-6-15-28-39/h4-21,23-35,47,51H,36H2,1-2H3,(H2-,56,57,58,62,64,65)/p+1/b59-46-/t47-,51-,60?/m1/s1. The zero-order valence-electron chi connectivity index (χ0n) is 37.3. The smallest absolute Gasteiger partial charge is 0.394 e. The van der Waals surface area contributed by atoms with Crippen molar-refractivity contribution >= 4 is 57.7 Å². The fourth-order valence-electron chi connectivity index (χ4n) is 9.08. The maximum absolute atomic E-state index is 15.1. The zero-order chi connectivity index (χ0) is 48.0. The van der Waals surface area contributed by atoms with Gasteiger partial charge in [0.25, 0.3) is 11.6 Å². The number of nitrogens with one attached hydrogen (secondary N) is 2. The number of fused-ring (bicyclic) bond motifs is 1. The largest absolute Gasteiger partial charge is 0.474 e. The van der Waals surface area contributed by atoms with Crippen LogP contribution in [0.1, 0.15) is 46.0 Å². The van der Waals surface area contributed by atoms with Gasteiger partial charge in [-0.3, -0.25) is 4.79 Å². The monoisotopic (exact) mass is 950 g/mol. The van der Waals surface area contributed by atoms with Crippen LogP contribution in [-0.2, 0) is 39.9 Å². The topological polar surface area (TPSA) is 156 Å². The molecule has 1 unspecified atom stereocenters. The number of oxime groups is 1. The fourth-order valence-corrected chi connectivity index (χ4v) is 11.2. The Hall–Kier alpha value is -8.09. The third kappa shape index (κ3) is 8.48. The Kier molecular flexibility index (Phi) is 13.1. The Morgan fingerprint density at radius 3 is 1.61 bits per heavy atom. The molecule has 0 radical (unpaired) electrons. The van der Waals surface area contributed by atoms with Crippen molar-refractivity contribution in [3.63, 3.8) is 0 Å². The van der Waals surface area contributed by atoms with Gasteiger partial charge in [0.15, 0.2) is 22.0 Å². The van der Waals surface area contributed by atoms with Gasteiger partial charge in [0, 0.05) is 28.0 Å². The van der Waals surface area contributed by atoms with E-state index in [-0.39, 0.29) is 22.9 Å². The lowest BCUT2D eigenvalue weighted by Gasteiger charge is -2.52. The van der Waals surface area contributed by atoms with Crippen LogP contribution in [0.5, 0.6) is 0 Å². The van der Waals surface area contributed by atoms with E-state index in [1.807, 2.05) is 182 Å². The SMILES string of the molecule is CC#CC(=O)OC1=C(C(=O)O)[N+]2(C)C(=O)[C@@H](NC(=O)/C(=N\OC(c3ccccc3)(c3ccccc3)c3ccccc3)c3csc(NC(c4ccccc4)(c4ccccc4)c4ccccc4)n3)[C@H]2SC1. The Balaban J connectivity index is 1.16. The highest BCUT2D eigenvalue weighted by Gasteiger charge is 2.69. The number of amides is 2. The molecule has 0 aliphatic carbocycles. The second-order valence-corrected chi connectivity index (χ2v) is 18.2. The third-order valence-corrected chi connectivity index (χ3v) is 14.5. The van der Waals surface area contributed by atoms with Crippen LogP contribution in [0.4, 0.5) is 5.13 Å². The number of thioether (sulfide) groups is 1. The summed E-state index contributed by atoms with van der Waals surface area (Å²) in [7, 11) is 1.42. The lowest BCUT2D eigenvalue weighted by atomic mass is 9.77. The molecule has 9 rings (SSSR count). The summed E-state index contributed by atoms with van der Waals surface area (Å²) < 4.78 is 4.60. The molecule has 69 heavy (non-hydrogen) atoms. The van der Waals surface area contributed by atoms with Crippen LogP contribution in [0.15, 0.2) is 204 Å². The quantitative estimate of drug-likeness (QED) is 0.0133. The maximum Gasteiger partial charge on any atom is 0.394 e. The Morgan fingerprint density at radius 1 is 0.725 bits per heavy atom. The van der Waals surface area contributed by atoms with Crippen LogP contribution in [-0.4, -0.2) is 68.3 Å². The van der Waals surface area contributed by atoms with Crippen molar-refractivity contribution < 1.29 is 38.3 Å². The van der Waals surface area contributed by atoms with Gasteiger partial charge >= 0.3 is 17.8 Å². The predicted octanol–water partition coefficient (Wildman–Crippen LogP) is 8.67. The molecule has 12 nitrogen and oxygen atoms in total. The number of carbonyl (C=O) groups excluding carboxylic acids is 3. The van der Waals surface area contributed by atoms with Crippen molar-refractivity contribution in [3.05, 3.63) is 238 Å². The van der Waals surface area contributed by atoms with Crippen LogP contribution in [0.2, 0.25) is 0 Å². The first-order valence-corrected chi connectivity index (χ1v) is 23.8. The van der Waals surface area contributed by atoms with Crippen LogP contribution >= 0.6 is 23.1 Å². The summed E-state index contributed by atoms with van der Waals surface area (Å²) in [6, 6.07) is 57.6. The summed E-state index contributed by atoms with van der Waals surface area (Å²) in [4.78, 5) is 66.5. The van der Waals surface area contributed by atoms with E-state index >= 15 is 4.79 Å². The molecule has 2 aliphatic heterocycles. The Labute approximate surface area is 406 Å². The minimum atomic E-state index is -1.44. The summed E-state index contributed by atoms with van der Waals surface area (Å²) in [5.41, 5.74) is 2.12.